The largest absolute Gasteiger partial charge is 0.485 e. The van der Waals surface area contributed by atoms with Gasteiger partial charge in [-0.05, 0) is 127 Å². The van der Waals surface area contributed by atoms with Crippen molar-refractivity contribution in [1.29, 1.82) is 0 Å². The van der Waals surface area contributed by atoms with Crippen molar-refractivity contribution in [3.63, 3.8) is 0 Å². The van der Waals surface area contributed by atoms with Gasteiger partial charge in [0.05, 0.1) is 6.21 Å². The molecule has 560 valence electrons. The maximum Gasteiger partial charge on any atom is 0.271 e. The summed E-state index contributed by atoms with van der Waals surface area (Å²) >= 11 is 0. The average Bonchev–Trinajstić information content (AvgIpc) is 0.921. The summed E-state index contributed by atoms with van der Waals surface area (Å²) in [7, 11) is 0. The van der Waals surface area contributed by atoms with Gasteiger partial charge >= 0.3 is 0 Å². The lowest BCUT2D eigenvalue weighted by molar-refractivity contribution is 0.0953. The number of carbonyl (C=O) groups excluding carboxylic acids is 1. The van der Waals surface area contributed by atoms with Crippen LogP contribution in [-0.2, 0) is 79.3 Å². The third kappa shape index (κ3) is 21.9. The Hall–Kier alpha value is -13.9. The molecule has 1 aliphatic rings. The number of benzene rings is 13. The van der Waals surface area contributed by atoms with Crippen molar-refractivity contribution in [3.8, 4) is 69.0 Å². The van der Waals surface area contributed by atoms with Crippen LogP contribution in [0.25, 0.3) is 0 Å². The van der Waals surface area contributed by atoms with Crippen LogP contribution in [0, 0.1) is 0 Å². The molecular weight excluding hydrogens is 1400 g/mol. The smallest absolute Gasteiger partial charge is 0.271 e. The molecule has 112 heavy (non-hydrogen) atoms. The molecule has 13 aromatic carbocycles. The number of hydrazone groups is 1. The average molecular weight is 1490 g/mol. The van der Waals surface area contributed by atoms with Gasteiger partial charge in [-0.2, -0.15) is 5.10 Å². The van der Waals surface area contributed by atoms with Crippen molar-refractivity contribution in [3.05, 3.63) is 418 Å². The van der Waals surface area contributed by atoms with Crippen LogP contribution >= 0.6 is 0 Å². The topological polar surface area (TPSA) is 152 Å². The molecule has 1 amide bonds. The van der Waals surface area contributed by atoms with Crippen molar-refractivity contribution in [2.45, 2.75) is 85.7 Å². The van der Waals surface area contributed by atoms with Crippen LogP contribution in [0.2, 0.25) is 0 Å². The molecule has 1 N–H and O–H groups in total. The Morgan fingerprint density at radius 1 is 0.259 bits per heavy atom. The number of rotatable bonds is 39. The zero-order valence-corrected chi connectivity index (χ0v) is 61.9. The Morgan fingerprint density at radius 3 is 0.670 bits per heavy atom. The van der Waals surface area contributed by atoms with Gasteiger partial charge in [0.2, 0.25) is 23.0 Å². The second-order valence-electron chi connectivity index (χ2n) is 26.5. The standard InChI is InChI=1S/C97H84N2O13/c100-97(99-98-58-71-30-28-29-31-71)84-56-91(107-68-81-50-85(101-59-72-32-10-1-11-33-72)93(109-65-78-44-22-7-23-45-78)86(51-81)102-60-73-34-12-2-13-35-73)96(112-70-83-54-89(105-63-76-40-18-5-19-41-76)95(111-67-80-48-26-9-27-49-80)90(55-83)106-64-77-42-20-6-21-43-77)92(57-84)108-69-82-52-87(103-61-74-36-14-3-15-37-74)94(110-66-79-46-24-8-25-47-79)88(53-82)104-62-75-38-16-4-17-39-75/h1-30,32-58H,31,59-70H2,(H,99,100)/b98-58+. The highest BCUT2D eigenvalue weighted by molar-refractivity contribution is 5.96. The summed E-state index contributed by atoms with van der Waals surface area (Å²) in [6, 6.07) is 104. The van der Waals surface area contributed by atoms with Crippen LogP contribution in [0.15, 0.2) is 350 Å². The predicted octanol–water partition coefficient (Wildman–Crippen LogP) is 21.2. The second kappa shape index (κ2) is 39.3. The molecule has 0 atom stereocenters. The first-order valence-corrected chi connectivity index (χ1v) is 37.2. The molecule has 0 unspecified atom stereocenters. The summed E-state index contributed by atoms with van der Waals surface area (Å²) in [4.78, 5) is 14.9. The van der Waals surface area contributed by atoms with Crippen molar-refractivity contribution in [1.82, 2.24) is 5.43 Å². The van der Waals surface area contributed by atoms with E-state index in [1.54, 1.807) is 18.3 Å². The van der Waals surface area contributed by atoms with Crippen LogP contribution in [0.5, 0.6) is 69.0 Å². The number of nitrogens with one attached hydrogen (secondary N) is 1. The van der Waals surface area contributed by atoms with E-state index in [2.05, 4.69) is 10.5 Å². The fourth-order valence-corrected chi connectivity index (χ4v) is 12.2. The monoisotopic (exact) mass is 1480 g/mol. The minimum absolute atomic E-state index is 0.125. The first-order chi connectivity index (χ1) is 55.4. The highest BCUT2D eigenvalue weighted by Gasteiger charge is 2.26. The van der Waals surface area contributed by atoms with Crippen LogP contribution in [-0.4, -0.2) is 12.1 Å². The third-order valence-corrected chi connectivity index (χ3v) is 18.0. The molecule has 15 heteroatoms. The predicted molar refractivity (Wildman–Crippen MR) is 434 cm³/mol. The molecule has 14 rings (SSSR count). The van der Waals surface area contributed by atoms with Crippen molar-refractivity contribution >= 4 is 12.1 Å². The zero-order valence-electron chi connectivity index (χ0n) is 61.9. The van der Waals surface area contributed by atoms with E-state index in [4.69, 9.17) is 56.8 Å². The molecule has 0 fully saturated rings. The van der Waals surface area contributed by atoms with Gasteiger partial charge in [0.15, 0.2) is 46.0 Å². The maximum atomic E-state index is 14.9. The first-order valence-electron chi connectivity index (χ1n) is 37.2. The van der Waals surface area contributed by atoms with E-state index in [9.17, 15) is 4.79 Å². The third-order valence-electron chi connectivity index (χ3n) is 18.0. The number of ether oxygens (including phenoxy) is 12. The van der Waals surface area contributed by atoms with E-state index in [1.807, 2.05) is 328 Å². The Balaban J connectivity index is 0.892. The maximum absolute atomic E-state index is 14.9. The van der Waals surface area contributed by atoms with E-state index in [-0.39, 0.29) is 102 Å². The summed E-state index contributed by atoms with van der Waals surface area (Å²) in [6.07, 6.45) is 8.21. The van der Waals surface area contributed by atoms with Gasteiger partial charge in [-0.25, -0.2) is 5.43 Å². The normalized spacial score (nSPS) is 11.4. The summed E-state index contributed by atoms with van der Waals surface area (Å²) in [6.45, 7) is 1.53. The minimum atomic E-state index is -0.559. The first kappa shape index (κ1) is 74.9. The molecule has 0 saturated heterocycles. The highest BCUT2D eigenvalue weighted by Crippen LogP contribution is 2.47. The molecular formula is C97H84N2O13. The van der Waals surface area contributed by atoms with Crippen LogP contribution < -0.4 is 62.3 Å². The van der Waals surface area contributed by atoms with Gasteiger partial charge in [0.1, 0.15) is 79.3 Å². The van der Waals surface area contributed by atoms with Crippen molar-refractivity contribution in [2.24, 2.45) is 5.10 Å². The molecule has 0 saturated carbocycles. The minimum Gasteiger partial charge on any atom is -0.485 e. The van der Waals surface area contributed by atoms with Gasteiger partial charge < -0.3 is 56.8 Å². The SMILES string of the molecule is O=C(N/N=C/C1=CC=CC1)c1cc(OCc2cc(OCc3ccccc3)c(OCc3ccccc3)c(OCc3ccccc3)c2)c(OCc2cc(OCc3ccccc3)c(OCc3ccccc3)c(OCc3ccccc3)c2)c(OCc2cc(OCc3ccccc3)c(OCc3ccccc3)c(OCc3ccccc3)c2)c1. The number of nitrogens with zero attached hydrogens (tertiary/aromatic N) is 1. The molecule has 0 radical (unpaired) electrons. The Bertz CT molecular complexity index is 4830. The van der Waals surface area contributed by atoms with Crippen LogP contribution in [0.4, 0.5) is 0 Å². The fourth-order valence-electron chi connectivity index (χ4n) is 12.2. The summed E-state index contributed by atoms with van der Waals surface area (Å²) in [5, 5.41) is 4.42. The Labute approximate surface area is 653 Å². The summed E-state index contributed by atoms with van der Waals surface area (Å²) in [5.74, 6) is 3.49. The number of allylic oxidation sites excluding steroid dienone is 4. The summed E-state index contributed by atoms with van der Waals surface area (Å²) in [5.41, 5.74) is 14.2. The van der Waals surface area contributed by atoms with Crippen LogP contribution in [0.3, 0.4) is 0 Å². The lowest BCUT2D eigenvalue weighted by Gasteiger charge is -2.22. The number of carbonyl (C=O) groups is 1. The van der Waals surface area contributed by atoms with Crippen molar-refractivity contribution in [2.75, 3.05) is 0 Å². The second-order valence-corrected chi connectivity index (χ2v) is 26.5. The molecule has 0 bridgehead atoms. The molecule has 15 nitrogen and oxygen atoms in total. The Morgan fingerprint density at radius 2 is 0.455 bits per heavy atom. The number of hydrogen-bond acceptors (Lipinski definition) is 14. The molecule has 0 aliphatic heterocycles. The van der Waals surface area contributed by atoms with Gasteiger partial charge in [0, 0.05) is 5.56 Å². The quantitative estimate of drug-likeness (QED) is 0.0288. The lowest BCUT2D eigenvalue weighted by atomic mass is 10.1. The molecule has 0 spiro atoms. The lowest BCUT2D eigenvalue weighted by Crippen LogP contribution is -2.18. The van der Waals surface area contributed by atoms with E-state index >= 15 is 0 Å². The molecule has 1 aliphatic carbocycles. The van der Waals surface area contributed by atoms with E-state index in [0.717, 1.165) is 55.6 Å². The number of amides is 1. The van der Waals surface area contributed by atoms with Gasteiger partial charge in [0.25, 0.3) is 5.91 Å². The van der Waals surface area contributed by atoms with Gasteiger partial charge in [-0.1, -0.05) is 291 Å². The highest BCUT2D eigenvalue weighted by atomic mass is 16.6. The summed E-state index contributed by atoms with van der Waals surface area (Å²) < 4.78 is 82.5. The van der Waals surface area contributed by atoms with E-state index in [0.29, 0.717) is 74.9 Å². The molecule has 0 aromatic heterocycles. The number of hydrogen-bond donors (Lipinski definition) is 1. The van der Waals surface area contributed by atoms with Crippen LogP contribution in [0.1, 0.15) is 83.5 Å². The van der Waals surface area contributed by atoms with E-state index < -0.39 is 5.91 Å². The molecule has 13 aromatic rings. The van der Waals surface area contributed by atoms with Gasteiger partial charge in [-0.3, -0.25) is 4.79 Å². The molecule has 0 heterocycles. The Kier molecular flexibility index (Phi) is 26.3. The van der Waals surface area contributed by atoms with E-state index in [1.165, 1.54) is 0 Å². The fraction of sp³-hybridized carbons (Fsp3) is 0.134. The van der Waals surface area contributed by atoms with Gasteiger partial charge in [-0.15, -0.1) is 0 Å². The zero-order chi connectivity index (χ0) is 76.0. The van der Waals surface area contributed by atoms with Crippen molar-refractivity contribution < 1.29 is 61.6 Å².